The normalized spacial score (nSPS) is 31.3. The van der Waals surface area contributed by atoms with Crippen LogP contribution in [0.3, 0.4) is 0 Å². The number of hydrogen-bond donors (Lipinski definition) is 0. The molecule has 2 aliphatic carbocycles. The van der Waals surface area contributed by atoms with Crippen LogP contribution in [0.5, 0.6) is 0 Å². The van der Waals surface area contributed by atoms with Gasteiger partial charge in [-0.05, 0) is 49.6 Å². The number of carbonyl (C=O) groups excluding carboxylic acids is 3. The lowest BCUT2D eigenvalue weighted by Gasteiger charge is -2.30. The van der Waals surface area contributed by atoms with Crippen molar-refractivity contribution in [2.24, 2.45) is 34.7 Å². The number of benzene rings is 2. The molecule has 2 aromatic carbocycles. The number of ether oxygens (including phenoxy) is 1. The molecule has 2 aliphatic heterocycles. The summed E-state index contributed by atoms with van der Waals surface area (Å²) in [6, 6.07) is 13.9. The number of halogens is 1. The summed E-state index contributed by atoms with van der Waals surface area (Å²) in [5, 5.41) is 4.93. The lowest BCUT2D eigenvalue weighted by molar-refractivity contribution is -0.125. The molecule has 2 amide bonds. The molecule has 0 radical (unpaired) electrons. The summed E-state index contributed by atoms with van der Waals surface area (Å²) in [5.74, 6) is -1.78. The average molecular weight is 465 g/mol. The second-order valence-electron chi connectivity index (χ2n) is 8.95. The quantitative estimate of drug-likeness (QED) is 0.509. The molecule has 3 fully saturated rings. The predicted octanol–water partition coefficient (Wildman–Crippen LogP) is 3.69. The van der Waals surface area contributed by atoms with Gasteiger partial charge in [-0.3, -0.25) is 14.5 Å². The smallest absolute Gasteiger partial charge is 0.338 e. The Labute approximate surface area is 195 Å². The third-order valence-electron chi connectivity index (χ3n) is 7.48. The van der Waals surface area contributed by atoms with Gasteiger partial charge in [0.2, 0.25) is 11.8 Å². The number of oxime groups is 1. The Balaban J connectivity index is 1.29. The van der Waals surface area contributed by atoms with Crippen molar-refractivity contribution in [2.75, 3.05) is 11.5 Å². The monoisotopic (exact) mass is 464 g/mol. The van der Waals surface area contributed by atoms with E-state index in [2.05, 4.69) is 5.16 Å². The Kier molecular flexibility index (Phi) is 4.59. The minimum absolute atomic E-state index is 0.0252. The number of hydrogen-bond acceptors (Lipinski definition) is 6. The molecule has 0 spiro atoms. The standard InChI is InChI=1S/C25H21ClN2O5/c1-2-32-25(31)12-7-9-13(10-8-12)28-23(29)18-15-11-16(19(18)24(28)30)22-20(15)21(27-33-22)14-5-3-4-6-17(14)26/h3-10,15-16,18-20,22H,2,11H2,1H3/t15-,16-,18+,19-,20-,22+/m1/s1. The summed E-state index contributed by atoms with van der Waals surface area (Å²) in [4.78, 5) is 46.0. The van der Waals surface area contributed by atoms with Crippen molar-refractivity contribution >= 4 is 40.8 Å². The third-order valence-corrected chi connectivity index (χ3v) is 7.81. The summed E-state index contributed by atoms with van der Waals surface area (Å²) in [6.07, 6.45) is 0.548. The van der Waals surface area contributed by atoms with Crippen LogP contribution in [0.15, 0.2) is 53.7 Å². The number of imide groups is 1. The zero-order chi connectivity index (χ0) is 22.9. The van der Waals surface area contributed by atoms with Crippen molar-refractivity contribution in [3.05, 3.63) is 64.7 Å². The molecule has 2 aromatic rings. The van der Waals surface area contributed by atoms with E-state index >= 15 is 0 Å². The Hall–Kier alpha value is -3.19. The molecule has 4 aliphatic rings. The number of esters is 1. The summed E-state index contributed by atoms with van der Waals surface area (Å²) in [5.41, 5.74) is 2.44. The van der Waals surface area contributed by atoms with E-state index < -0.39 is 17.8 Å². The van der Waals surface area contributed by atoms with Crippen LogP contribution in [0.25, 0.3) is 0 Å². The van der Waals surface area contributed by atoms with Crippen LogP contribution in [0, 0.1) is 29.6 Å². The molecule has 0 unspecified atom stereocenters. The largest absolute Gasteiger partial charge is 0.462 e. The molecule has 0 aromatic heterocycles. The van der Waals surface area contributed by atoms with Gasteiger partial charge in [-0.15, -0.1) is 0 Å². The molecule has 8 heteroatoms. The molecule has 2 saturated carbocycles. The highest BCUT2D eigenvalue weighted by Crippen LogP contribution is 2.62. The maximum Gasteiger partial charge on any atom is 0.338 e. The molecule has 168 valence electrons. The van der Waals surface area contributed by atoms with Crippen molar-refractivity contribution in [2.45, 2.75) is 19.4 Å². The molecule has 6 atom stereocenters. The van der Waals surface area contributed by atoms with Gasteiger partial charge in [0.15, 0.2) is 0 Å². The van der Waals surface area contributed by atoms with Gasteiger partial charge < -0.3 is 9.57 Å². The first-order valence-electron chi connectivity index (χ1n) is 11.1. The van der Waals surface area contributed by atoms with Crippen LogP contribution in [0.2, 0.25) is 5.02 Å². The second kappa shape index (κ2) is 7.42. The first-order valence-corrected chi connectivity index (χ1v) is 11.5. The van der Waals surface area contributed by atoms with Gasteiger partial charge in [-0.25, -0.2) is 4.79 Å². The number of fused-ring (bicyclic) bond motifs is 8. The summed E-state index contributed by atoms with van der Waals surface area (Å²) >= 11 is 6.42. The van der Waals surface area contributed by atoms with E-state index in [1.807, 2.05) is 24.3 Å². The Morgan fingerprint density at radius 3 is 2.45 bits per heavy atom. The number of nitrogens with zero attached hydrogens (tertiary/aromatic N) is 2. The van der Waals surface area contributed by atoms with E-state index in [1.54, 1.807) is 31.2 Å². The zero-order valence-electron chi connectivity index (χ0n) is 17.8. The molecule has 1 saturated heterocycles. The number of anilines is 1. The average Bonchev–Trinajstić information content (AvgIpc) is 3.55. The lowest BCUT2D eigenvalue weighted by Crippen LogP contribution is -2.41. The van der Waals surface area contributed by atoms with Crippen LogP contribution in [-0.4, -0.2) is 36.2 Å². The van der Waals surface area contributed by atoms with E-state index in [0.717, 1.165) is 17.7 Å². The van der Waals surface area contributed by atoms with Crippen molar-refractivity contribution < 1.29 is 24.0 Å². The first kappa shape index (κ1) is 20.4. The summed E-state index contributed by atoms with van der Waals surface area (Å²) < 4.78 is 5.01. The Morgan fingerprint density at radius 1 is 1.06 bits per heavy atom. The summed E-state index contributed by atoms with van der Waals surface area (Å²) in [6.45, 7) is 2.02. The van der Waals surface area contributed by atoms with Crippen LogP contribution in [-0.2, 0) is 19.2 Å². The number of amides is 2. The highest BCUT2D eigenvalue weighted by Gasteiger charge is 2.70. The van der Waals surface area contributed by atoms with E-state index in [-0.39, 0.29) is 42.3 Å². The predicted molar refractivity (Wildman–Crippen MR) is 120 cm³/mol. The van der Waals surface area contributed by atoms with Gasteiger partial charge >= 0.3 is 5.97 Å². The topological polar surface area (TPSA) is 85.3 Å². The molecular weight excluding hydrogens is 444 g/mol. The lowest BCUT2D eigenvalue weighted by atomic mass is 9.71. The van der Waals surface area contributed by atoms with Crippen LogP contribution >= 0.6 is 11.6 Å². The molecule has 7 nitrogen and oxygen atoms in total. The molecule has 2 heterocycles. The highest BCUT2D eigenvalue weighted by atomic mass is 35.5. The van der Waals surface area contributed by atoms with Gasteiger partial charge in [0.1, 0.15) is 6.10 Å². The van der Waals surface area contributed by atoms with E-state index in [4.69, 9.17) is 21.2 Å². The fraction of sp³-hybridized carbons (Fsp3) is 0.360. The minimum atomic E-state index is -0.436. The van der Waals surface area contributed by atoms with Crippen LogP contribution in [0.4, 0.5) is 5.69 Å². The molecular formula is C25H21ClN2O5. The van der Waals surface area contributed by atoms with Crippen molar-refractivity contribution in [1.29, 1.82) is 0 Å². The Bertz CT molecular complexity index is 1210. The Morgan fingerprint density at radius 2 is 1.76 bits per heavy atom. The zero-order valence-corrected chi connectivity index (χ0v) is 18.6. The van der Waals surface area contributed by atoms with Crippen molar-refractivity contribution in [3.63, 3.8) is 0 Å². The van der Waals surface area contributed by atoms with Gasteiger partial charge in [-0.2, -0.15) is 0 Å². The first-order chi connectivity index (χ1) is 16.0. The van der Waals surface area contributed by atoms with E-state index in [1.165, 1.54) is 4.90 Å². The fourth-order valence-electron chi connectivity index (χ4n) is 6.23. The van der Waals surface area contributed by atoms with Crippen molar-refractivity contribution in [1.82, 2.24) is 0 Å². The number of carbonyl (C=O) groups is 3. The molecule has 33 heavy (non-hydrogen) atoms. The highest BCUT2D eigenvalue weighted by molar-refractivity contribution is 6.34. The SMILES string of the molecule is CCOC(=O)c1ccc(N2C(=O)[C@@H]3[C@H]4C[C@@H]([C@@H]5C(c6ccccc6Cl)=NO[C@@H]45)[C@@H]3C2=O)cc1. The maximum atomic E-state index is 13.5. The van der Waals surface area contributed by atoms with E-state index in [0.29, 0.717) is 16.3 Å². The van der Waals surface area contributed by atoms with Crippen LogP contribution in [0.1, 0.15) is 29.3 Å². The number of rotatable bonds is 4. The van der Waals surface area contributed by atoms with Crippen molar-refractivity contribution in [3.8, 4) is 0 Å². The molecule has 0 N–H and O–H groups in total. The maximum absolute atomic E-state index is 13.5. The molecule has 2 bridgehead atoms. The second-order valence-corrected chi connectivity index (χ2v) is 9.35. The van der Waals surface area contributed by atoms with Gasteiger partial charge in [-0.1, -0.05) is 35.0 Å². The van der Waals surface area contributed by atoms with Crippen LogP contribution < -0.4 is 4.90 Å². The van der Waals surface area contributed by atoms with E-state index in [9.17, 15) is 14.4 Å². The minimum Gasteiger partial charge on any atom is -0.462 e. The van der Waals surface area contributed by atoms with Gasteiger partial charge in [0.05, 0.1) is 35.4 Å². The molecule has 6 rings (SSSR count). The summed E-state index contributed by atoms with van der Waals surface area (Å²) in [7, 11) is 0. The van der Waals surface area contributed by atoms with Gasteiger partial charge in [0.25, 0.3) is 0 Å². The fourth-order valence-corrected chi connectivity index (χ4v) is 6.47. The van der Waals surface area contributed by atoms with Gasteiger partial charge in [0, 0.05) is 22.4 Å². The third kappa shape index (κ3) is 2.81.